The molecule has 2 N–H and O–H groups in total. The smallest absolute Gasteiger partial charge is 0.343 e. The fraction of sp³-hybridized carbons (Fsp3) is 0.0833. The van der Waals surface area contributed by atoms with Gasteiger partial charge in [-0.3, -0.25) is 9.59 Å². The van der Waals surface area contributed by atoms with E-state index in [9.17, 15) is 14.4 Å². The molecule has 0 unspecified atom stereocenters. The monoisotopic (exact) mass is 543 g/mol. The highest BCUT2D eigenvalue weighted by molar-refractivity contribution is 9.10. The van der Waals surface area contributed by atoms with E-state index in [2.05, 4.69) is 31.8 Å². The normalized spacial score (nSPS) is 10.9. The van der Waals surface area contributed by atoms with E-state index < -0.39 is 17.8 Å². The number of esters is 1. The molecule has 0 saturated heterocycles. The average Bonchev–Trinajstić information content (AvgIpc) is 2.84. The van der Waals surface area contributed by atoms with Gasteiger partial charge < -0.3 is 14.8 Å². The number of hydrazone groups is 1. The molecule has 0 bridgehead atoms. The second-order valence-electron chi connectivity index (χ2n) is 6.86. The number of halogens is 2. The van der Waals surface area contributed by atoms with Gasteiger partial charge in [-0.25, -0.2) is 10.2 Å². The summed E-state index contributed by atoms with van der Waals surface area (Å²) in [6.45, 7) is 1.64. The van der Waals surface area contributed by atoms with Crippen molar-refractivity contribution in [1.82, 2.24) is 5.43 Å². The van der Waals surface area contributed by atoms with Crippen molar-refractivity contribution < 1.29 is 23.9 Å². The predicted octanol–water partition coefficient (Wildman–Crippen LogP) is 4.81. The van der Waals surface area contributed by atoms with Crippen molar-refractivity contribution in [3.8, 4) is 11.5 Å². The van der Waals surface area contributed by atoms with Crippen molar-refractivity contribution in [3.05, 3.63) is 87.4 Å². The predicted molar refractivity (Wildman–Crippen MR) is 133 cm³/mol. The Morgan fingerprint density at radius 3 is 2.18 bits per heavy atom. The minimum Gasteiger partial charge on any atom is -0.493 e. The third kappa shape index (κ3) is 6.66. The molecule has 174 valence electrons. The molecule has 0 aliphatic heterocycles. The highest BCUT2D eigenvalue weighted by Crippen LogP contribution is 2.29. The maximum atomic E-state index is 12.4. The summed E-state index contributed by atoms with van der Waals surface area (Å²) in [6, 6.07) is 17.8. The Bertz CT molecular complexity index is 1240. The van der Waals surface area contributed by atoms with Crippen molar-refractivity contribution in [2.75, 3.05) is 12.4 Å². The van der Waals surface area contributed by atoms with E-state index in [4.69, 9.17) is 21.1 Å². The fourth-order valence-corrected chi connectivity index (χ4v) is 3.08. The summed E-state index contributed by atoms with van der Waals surface area (Å²) in [5.41, 5.74) is 4.00. The van der Waals surface area contributed by atoms with Crippen LogP contribution in [0.5, 0.6) is 11.5 Å². The van der Waals surface area contributed by atoms with Crippen molar-refractivity contribution in [1.29, 1.82) is 0 Å². The summed E-state index contributed by atoms with van der Waals surface area (Å²) < 4.78 is 11.6. The molecule has 0 heterocycles. The second-order valence-corrected chi connectivity index (χ2v) is 8.21. The van der Waals surface area contributed by atoms with E-state index >= 15 is 0 Å². The Labute approximate surface area is 209 Å². The second kappa shape index (κ2) is 11.4. The summed E-state index contributed by atoms with van der Waals surface area (Å²) >= 11 is 9.14. The van der Waals surface area contributed by atoms with Gasteiger partial charge in [0.15, 0.2) is 11.5 Å². The van der Waals surface area contributed by atoms with Crippen LogP contribution in [0.2, 0.25) is 5.02 Å². The van der Waals surface area contributed by atoms with Crippen LogP contribution in [0.4, 0.5) is 5.69 Å². The fourth-order valence-electron chi connectivity index (χ4n) is 2.69. The van der Waals surface area contributed by atoms with Gasteiger partial charge in [0, 0.05) is 20.7 Å². The summed E-state index contributed by atoms with van der Waals surface area (Å²) in [6.07, 6.45) is 0. The van der Waals surface area contributed by atoms with Crippen molar-refractivity contribution in [2.24, 2.45) is 5.10 Å². The number of hydrogen-bond acceptors (Lipinski definition) is 6. The molecule has 8 nitrogen and oxygen atoms in total. The summed E-state index contributed by atoms with van der Waals surface area (Å²) in [4.78, 5) is 36.5. The number of carbonyl (C=O) groups excluding carboxylic acids is 3. The van der Waals surface area contributed by atoms with Gasteiger partial charge in [-0.1, -0.05) is 27.5 Å². The molecule has 3 aromatic rings. The molecule has 2 amide bonds. The van der Waals surface area contributed by atoms with Crippen LogP contribution in [-0.4, -0.2) is 30.6 Å². The highest BCUT2D eigenvalue weighted by Gasteiger charge is 2.15. The SMILES string of the molecule is COc1cc(/C(C)=N/NC(=O)C(=O)Nc2ccc(Br)cc2)ccc1OC(=O)c1ccc(Cl)cc1. The molecule has 10 heteroatoms. The Balaban J connectivity index is 1.65. The Morgan fingerprint density at radius 2 is 1.53 bits per heavy atom. The first-order valence-corrected chi connectivity index (χ1v) is 11.0. The lowest BCUT2D eigenvalue weighted by Gasteiger charge is -2.11. The molecule has 3 rings (SSSR count). The Hall–Kier alpha value is -3.69. The maximum absolute atomic E-state index is 12.4. The molecule has 34 heavy (non-hydrogen) atoms. The van der Waals surface area contributed by atoms with Gasteiger partial charge in [-0.05, 0) is 73.7 Å². The van der Waals surface area contributed by atoms with Crippen LogP contribution in [0, 0.1) is 0 Å². The van der Waals surface area contributed by atoms with Gasteiger partial charge in [-0.2, -0.15) is 5.10 Å². The van der Waals surface area contributed by atoms with Crippen LogP contribution in [0.1, 0.15) is 22.8 Å². The molecule has 0 saturated carbocycles. The molecular formula is C24H19BrClN3O5. The minimum atomic E-state index is -0.928. The number of amides is 2. The minimum absolute atomic E-state index is 0.205. The van der Waals surface area contributed by atoms with Crippen LogP contribution in [0.15, 0.2) is 76.3 Å². The number of carbonyl (C=O) groups is 3. The van der Waals surface area contributed by atoms with E-state index in [1.807, 2.05) is 0 Å². The lowest BCUT2D eigenvalue weighted by Crippen LogP contribution is -2.32. The lowest BCUT2D eigenvalue weighted by atomic mass is 10.1. The molecule has 0 fully saturated rings. The van der Waals surface area contributed by atoms with E-state index in [0.29, 0.717) is 27.5 Å². The lowest BCUT2D eigenvalue weighted by molar-refractivity contribution is -0.136. The Morgan fingerprint density at radius 1 is 0.882 bits per heavy atom. The molecule has 0 radical (unpaired) electrons. The largest absolute Gasteiger partial charge is 0.493 e. The number of rotatable bonds is 6. The van der Waals surface area contributed by atoms with Crippen LogP contribution in [0.3, 0.4) is 0 Å². The van der Waals surface area contributed by atoms with E-state index in [-0.39, 0.29) is 11.5 Å². The molecule has 0 spiro atoms. The van der Waals surface area contributed by atoms with Crippen LogP contribution >= 0.6 is 27.5 Å². The topological polar surface area (TPSA) is 106 Å². The number of nitrogens with zero attached hydrogens (tertiary/aromatic N) is 1. The van der Waals surface area contributed by atoms with Crippen molar-refractivity contribution in [2.45, 2.75) is 6.92 Å². The third-order valence-electron chi connectivity index (χ3n) is 4.50. The van der Waals surface area contributed by atoms with Gasteiger partial charge in [0.05, 0.1) is 18.4 Å². The van der Waals surface area contributed by atoms with Gasteiger partial charge >= 0.3 is 17.8 Å². The molecule has 0 aliphatic carbocycles. The summed E-state index contributed by atoms with van der Waals surface area (Å²) in [5.74, 6) is -1.87. The Kier molecular flexibility index (Phi) is 8.39. The number of anilines is 1. The van der Waals surface area contributed by atoms with Crippen LogP contribution in [0.25, 0.3) is 0 Å². The molecule has 0 aromatic heterocycles. The van der Waals surface area contributed by atoms with Gasteiger partial charge in [0.25, 0.3) is 0 Å². The summed E-state index contributed by atoms with van der Waals surface area (Å²) in [7, 11) is 1.43. The first-order valence-electron chi connectivity index (χ1n) is 9.84. The quantitative estimate of drug-likeness (QED) is 0.152. The first kappa shape index (κ1) is 24.9. The van der Waals surface area contributed by atoms with Gasteiger partial charge in [0.1, 0.15) is 0 Å². The highest BCUT2D eigenvalue weighted by atomic mass is 79.9. The zero-order valence-corrected chi connectivity index (χ0v) is 20.4. The molecule has 0 atom stereocenters. The number of hydrogen-bond donors (Lipinski definition) is 2. The zero-order valence-electron chi connectivity index (χ0n) is 18.1. The summed E-state index contributed by atoms with van der Waals surface area (Å²) in [5, 5.41) is 6.95. The number of nitrogens with one attached hydrogen (secondary N) is 2. The van der Waals surface area contributed by atoms with Crippen LogP contribution < -0.4 is 20.2 Å². The number of benzene rings is 3. The zero-order chi connectivity index (χ0) is 24.7. The third-order valence-corrected chi connectivity index (χ3v) is 5.28. The van der Waals surface area contributed by atoms with Gasteiger partial charge in [0.2, 0.25) is 0 Å². The van der Waals surface area contributed by atoms with Crippen molar-refractivity contribution >= 4 is 56.7 Å². The number of ether oxygens (including phenoxy) is 2. The van der Waals surface area contributed by atoms with E-state index in [1.54, 1.807) is 73.7 Å². The number of methoxy groups -OCH3 is 1. The molecule has 3 aromatic carbocycles. The standard InChI is InChI=1S/C24H19BrClN3O5/c1-14(28-29-23(31)22(30)27-19-10-6-17(25)7-11-19)16-5-12-20(21(13-16)33-2)34-24(32)15-3-8-18(26)9-4-15/h3-13H,1-2H3,(H,27,30)(H,29,31)/b28-14+. The van der Waals surface area contributed by atoms with Crippen LogP contribution in [-0.2, 0) is 9.59 Å². The van der Waals surface area contributed by atoms with Gasteiger partial charge in [-0.15, -0.1) is 0 Å². The first-order chi connectivity index (χ1) is 16.3. The van der Waals surface area contributed by atoms with E-state index in [0.717, 1.165) is 4.47 Å². The molecular weight excluding hydrogens is 526 g/mol. The van der Waals surface area contributed by atoms with E-state index in [1.165, 1.54) is 7.11 Å². The maximum Gasteiger partial charge on any atom is 0.343 e. The average molecular weight is 545 g/mol. The molecule has 0 aliphatic rings. The van der Waals surface area contributed by atoms with Crippen molar-refractivity contribution in [3.63, 3.8) is 0 Å².